The molecule has 2 unspecified atom stereocenters. The van der Waals surface area contributed by atoms with Gasteiger partial charge in [-0.25, -0.2) is 9.59 Å². The van der Waals surface area contributed by atoms with Crippen molar-refractivity contribution in [2.45, 2.75) is 116 Å². The van der Waals surface area contributed by atoms with Gasteiger partial charge in [0.15, 0.2) is 5.60 Å². The molecule has 25 heavy (non-hydrogen) atoms. The van der Waals surface area contributed by atoms with Crippen LogP contribution in [0.25, 0.3) is 0 Å². The zero-order valence-electron chi connectivity index (χ0n) is 16.4. The highest BCUT2D eigenvalue weighted by atomic mass is 16.6. The minimum atomic E-state index is -1.68. The summed E-state index contributed by atoms with van der Waals surface area (Å²) < 4.78 is 4.46. The third kappa shape index (κ3) is 13.0. The van der Waals surface area contributed by atoms with Gasteiger partial charge in [-0.1, -0.05) is 77.6 Å². The highest BCUT2D eigenvalue weighted by Crippen LogP contribution is 2.18. The number of hydrogen-bond donors (Lipinski definition) is 2. The summed E-state index contributed by atoms with van der Waals surface area (Å²) in [6, 6.07) is 0. The zero-order chi connectivity index (χ0) is 19.1. The van der Waals surface area contributed by atoms with E-state index in [-0.39, 0.29) is 6.42 Å². The molecule has 0 radical (unpaired) electrons. The predicted octanol–water partition coefficient (Wildman–Crippen LogP) is 4.28. The van der Waals surface area contributed by atoms with Crippen LogP contribution in [0.4, 0.5) is 0 Å². The Morgan fingerprint density at radius 3 is 1.68 bits per heavy atom. The van der Waals surface area contributed by atoms with E-state index in [0.29, 0.717) is 6.42 Å². The lowest BCUT2D eigenvalue weighted by Gasteiger charge is -2.20. The molecule has 5 nitrogen and oxygen atoms in total. The van der Waals surface area contributed by atoms with Gasteiger partial charge in [0.2, 0.25) is 0 Å². The predicted molar refractivity (Wildman–Crippen MR) is 99.1 cm³/mol. The number of carbonyl (C=O) groups excluding carboxylic acids is 2. The lowest BCUT2D eigenvalue weighted by atomic mass is 9.97. The van der Waals surface area contributed by atoms with Crippen LogP contribution in [0.1, 0.15) is 104 Å². The number of hydrogen-bond acceptors (Lipinski definition) is 5. The average Bonchev–Trinajstić information content (AvgIpc) is 2.55. The van der Waals surface area contributed by atoms with Gasteiger partial charge in [0.05, 0.1) is 0 Å². The number of aliphatic hydroxyl groups is 2. The van der Waals surface area contributed by atoms with Crippen LogP contribution in [0.15, 0.2) is 0 Å². The highest BCUT2D eigenvalue weighted by molar-refractivity contribution is 5.91. The number of carbonyl (C=O) groups is 2. The largest absolute Gasteiger partial charge is 0.389 e. The molecule has 0 aliphatic rings. The molecule has 2 atom stereocenters. The van der Waals surface area contributed by atoms with Crippen molar-refractivity contribution in [1.82, 2.24) is 0 Å². The smallest absolute Gasteiger partial charge is 0.345 e. The lowest BCUT2D eigenvalue weighted by molar-refractivity contribution is -0.177. The van der Waals surface area contributed by atoms with Crippen molar-refractivity contribution in [2.75, 3.05) is 0 Å². The van der Waals surface area contributed by atoms with E-state index in [1.807, 2.05) is 0 Å². The SMILES string of the molecule is CCCCCCCCCCCCCCC(C)(O)C(=O)OC(=O)C(C)O. The summed E-state index contributed by atoms with van der Waals surface area (Å²) in [7, 11) is 0. The van der Waals surface area contributed by atoms with Crippen LogP contribution in [0.3, 0.4) is 0 Å². The fourth-order valence-corrected chi connectivity index (χ4v) is 2.70. The Labute approximate surface area is 153 Å². The molecule has 0 rings (SSSR count). The maximum Gasteiger partial charge on any atom is 0.345 e. The summed E-state index contributed by atoms with van der Waals surface area (Å²) in [6.07, 6.45) is 13.4. The van der Waals surface area contributed by atoms with E-state index >= 15 is 0 Å². The fraction of sp³-hybridized carbons (Fsp3) is 0.900. The van der Waals surface area contributed by atoms with Crippen molar-refractivity contribution in [1.29, 1.82) is 0 Å². The molecular weight excluding hydrogens is 320 g/mol. The minimum Gasteiger partial charge on any atom is -0.389 e. The monoisotopic (exact) mass is 358 g/mol. The van der Waals surface area contributed by atoms with Gasteiger partial charge in [0.25, 0.3) is 0 Å². The Morgan fingerprint density at radius 1 is 0.880 bits per heavy atom. The third-order valence-electron chi connectivity index (χ3n) is 4.49. The van der Waals surface area contributed by atoms with Crippen molar-refractivity contribution in [2.24, 2.45) is 0 Å². The van der Waals surface area contributed by atoms with Gasteiger partial charge in [-0.05, 0) is 26.7 Å². The summed E-state index contributed by atoms with van der Waals surface area (Å²) >= 11 is 0. The van der Waals surface area contributed by atoms with Crippen molar-refractivity contribution < 1.29 is 24.5 Å². The molecule has 0 aliphatic heterocycles. The summed E-state index contributed by atoms with van der Waals surface area (Å²) in [4.78, 5) is 22.9. The van der Waals surface area contributed by atoms with Gasteiger partial charge in [-0.2, -0.15) is 0 Å². The van der Waals surface area contributed by atoms with E-state index in [9.17, 15) is 14.7 Å². The van der Waals surface area contributed by atoms with E-state index in [1.54, 1.807) is 0 Å². The second kappa shape index (κ2) is 14.3. The van der Waals surface area contributed by atoms with Crippen LogP contribution >= 0.6 is 0 Å². The van der Waals surface area contributed by atoms with Crippen LogP contribution in [0.2, 0.25) is 0 Å². The molecule has 0 bridgehead atoms. The maximum absolute atomic E-state index is 11.7. The van der Waals surface area contributed by atoms with Crippen molar-refractivity contribution in [3.63, 3.8) is 0 Å². The minimum absolute atomic E-state index is 0.260. The molecule has 0 aromatic heterocycles. The first-order valence-corrected chi connectivity index (χ1v) is 9.97. The van der Waals surface area contributed by atoms with E-state index in [0.717, 1.165) is 12.8 Å². The molecule has 0 aliphatic carbocycles. The van der Waals surface area contributed by atoms with Gasteiger partial charge in [0.1, 0.15) is 6.10 Å². The first-order chi connectivity index (χ1) is 11.8. The van der Waals surface area contributed by atoms with Crippen LogP contribution in [-0.2, 0) is 14.3 Å². The molecule has 0 saturated heterocycles. The first-order valence-electron chi connectivity index (χ1n) is 9.97. The van der Waals surface area contributed by atoms with Gasteiger partial charge in [-0.15, -0.1) is 0 Å². The summed E-state index contributed by atoms with van der Waals surface area (Å²) in [5, 5.41) is 19.1. The fourth-order valence-electron chi connectivity index (χ4n) is 2.70. The number of aliphatic hydroxyl groups excluding tert-OH is 1. The van der Waals surface area contributed by atoms with Crippen molar-refractivity contribution >= 4 is 11.9 Å². The molecule has 0 saturated carbocycles. The van der Waals surface area contributed by atoms with E-state index < -0.39 is 23.6 Å². The topological polar surface area (TPSA) is 83.8 Å². The lowest BCUT2D eigenvalue weighted by Crippen LogP contribution is -2.39. The van der Waals surface area contributed by atoms with Crippen LogP contribution in [0, 0.1) is 0 Å². The summed E-state index contributed by atoms with van der Waals surface area (Å²) in [6.45, 7) is 4.80. The number of ether oxygens (including phenoxy) is 1. The van der Waals surface area contributed by atoms with Crippen LogP contribution in [0.5, 0.6) is 0 Å². The summed E-state index contributed by atoms with van der Waals surface area (Å²) in [5.41, 5.74) is -1.68. The molecule has 0 amide bonds. The highest BCUT2D eigenvalue weighted by Gasteiger charge is 2.33. The van der Waals surface area contributed by atoms with E-state index in [2.05, 4.69) is 11.7 Å². The molecule has 0 fully saturated rings. The maximum atomic E-state index is 11.7. The zero-order valence-corrected chi connectivity index (χ0v) is 16.4. The molecule has 5 heteroatoms. The third-order valence-corrected chi connectivity index (χ3v) is 4.49. The Bertz CT molecular complexity index is 363. The van der Waals surface area contributed by atoms with Gasteiger partial charge >= 0.3 is 11.9 Å². The van der Waals surface area contributed by atoms with E-state index in [1.165, 1.54) is 71.6 Å². The van der Waals surface area contributed by atoms with Crippen LogP contribution < -0.4 is 0 Å². The second-order valence-corrected chi connectivity index (χ2v) is 7.30. The molecule has 0 aromatic rings. The van der Waals surface area contributed by atoms with Crippen molar-refractivity contribution in [3.05, 3.63) is 0 Å². The standard InChI is InChI=1S/C20H38O5/c1-4-5-6-7-8-9-10-11-12-13-14-15-16-20(3,24)19(23)25-18(22)17(2)21/h17,21,24H,4-16H2,1-3H3. The van der Waals surface area contributed by atoms with Gasteiger partial charge in [-0.3, -0.25) is 0 Å². The number of esters is 2. The molecule has 0 aromatic carbocycles. The first kappa shape index (κ1) is 24.1. The molecule has 148 valence electrons. The Balaban J connectivity index is 3.60. The van der Waals surface area contributed by atoms with Gasteiger partial charge in [0, 0.05) is 0 Å². The molecule has 0 heterocycles. The Morgan fingerprint density at radius 2 is 1.28 bits per heavy atom. The summed E-state index contributed by atoms with van der Waals surface area (Å²) in [5.74, 6) is -2.01. The second-order valence-electron chi connectivity index (χ2n) is 7.30. The van der Waals surface area contributed by atoms with Crippen molar-refractivity contribution in [3.8, 4) is 0 Å². The average molecular weight is 359 g/mol. The molecule has 2 N–H and O–H groups in total. The number of rotatable bonds is 15. The Kier molecular flexibility index (Phi) is 13.7. The van der Waals surface area contributed by atoms with Crippen LogP contribution in [-0.4, -0.2) is 33.9 Å². The Hall–Kier alpha value is -0.940. The van der Waals surface area contributed by atoms with Gasteiger partial charge < -0.3 is 14.9 Å². The molecule has 0 spiro atoms. The molecular formula is C20H38O5. The number of unbranched alkanes of at least 4 members (excludes halogenated alkanes) is 11. The quantitative estimate of drug-likeness (QED) is 0.259. The van der Waals surface area contributed by atoms with E-state index in [4.69, 9.17) is 5.11 Å². The normalized spacial score (nSPS) is 14.8.